The van der Waals surface area contributed by atoms with Gasteiger partial charge < -0.3 is 5.73 Å². The molecule has 0 saturated heterocycles. The number of hydrogen-bond acceptors (Lipinski definition) is 2. The molecule has 0 saturated carbocycles. The molecule has 112 valence electrons. The zero-order valence-corrected chi connectivity index (χ0v) is 12.5. The Kier molecular flexibility index (Phi) is 5.90. The van der Waals surface area contributed by atoms with Crippen LogP contribution in [-0.4, -0.2) is 18.0 Å². The Balaban J connectivity index is 2.19. The van der Waals surface area contributed by atoms with Crippen LogP contribution in [-0.2, 0) is 6.54 Å². The van der Waals surface area contributed by atoms with Gasteiger partial charge in [-0.2, -0.15) is 0 Å². The van der Waals surface area contributed by atoms with Crippen molar-refractivity contribution in [1.29, 1.82) is 0 Å². The first-order valence-corrected chi connectivity index (χ1v) is 7.48. The third kappa shape index (κ3) is 4.38. The summed E-state index contributed by atoms with van der Waals surface area (Å²) in [5.41, 5.74) is 8.33. The highest BCUT2D eigenvalue weighted by atomic mass is 19.1. The summed E-state index contributed by atoms with van der Waals surface area (Å²) in [6.07, 6.45) is 1.06. The van der Waals surface area contributed by atoms with Gasteiger partial charge in [-0.05, 0) is 36.2 Å². The van der Waals surface area contributed by atoms with E-state index in [0.29, 0.717) is 6.54 Å². The minimum atomic E-state index is -0.209. The van der Waals surface area contributed by atoms with Gasteiger partial charge in [0.25, 0.3) is 0 Å². The molecular formula is C18H23FN2. The highest BCUT2D eigenvalue weighted by Gasteiger charge is 2.18. The van der Waals surface area contributed by atoms with Crippen LogP contribution in [0.15, 0.2) is 54.6 Å². The minimum absolute atomic E-state index is 0.116. The number of rotatable bonds is 7. The van der Waals surface area contributed by atoms with Crippen LogP contribution in [0.3, 0.4) is 0 Å². The minimum Gasteiger partial charge on any atom is -0.329 e. The summed E-state index contributed by atoms with van der Waals surface area (Å²) in [6, 6.07) is 17.2. The molecule has 0 amide bonds. The zero-order chi connectivity index (χ0) is 15.1. The zero-order valence-electron chi connectivity index (χ0n) is 12.5. The van der Waals surface area contributed by atoms with Crippen LogP contribution >= 0.6 is 0 Å². The summed E-state index contributed by atoms with van der Waals surface area (Å²) in [5, 5.41) is 0. The topological polar surface area (TPSA) is 29.3 Å². The molecule has 2 aromatic carbocycles. The van der Waals surface area contributed by atoms with Crippen LogP contribution in [0, 0.1) is 5.82 Å². The van der Waals surface area contributed by atoms with E-state index < -0.39 is 0 Å². The fourth-order valence-corrected chi connectivity index (χ4v) is 2.63. The van der Waals surface area contributed by atoms with Crippen LogP contribution in [0.5, 0.6) is 0 Å². The lowest BCUT2D eigenvalue weighted by Gasteiger charge is -2.31. The van der Waals surface area contributed by atoms with E-state index in [9.17, 15) is 4.39 Å². The van der Waals surface area contributed by atoms with Crippen LogP contribution < -0.4 is 5.73 Å². The summed E-state index contributed by atoms with van der Waals surface area (Å²) >= 11 is 0. The Morgan fingerprint density at radius 3 is 2.29 bits per heavy atom. The first-order valence-electron chi connectivity index (χ1n) is 7.48. The molecule has 0 aromatic heterocycles. The van der Waals surface area contributed by atoms with E-state index in [4.69, 9.17) is 5.73 Å². The molecule has 2 rings (SSSR count). The van der Waals surface area contributed by atoms with Gasteiger partial charge >= 0.3 is 0 Å². The Hall–Kier alpha value is -1.71. The van der Waals surface area contributed by atoms with E-state index in [2.05, 4.69) is 36.1 Å². The number of halogens is 1. The van der Waals surface area contributed by atoms with Crippen molar-refractivity contribution in [2.45, 2.75) is 25.9 Å². The van der Waals surface area contributed by atoms with Crippen molar-refractivity contribution >= 4 is 0 Å². The molecule has 2 aromatic rings. The van der Waals surface area contributed by atoms with E-state index in [1.54, 1.807) is 0 Å². The summed E-state index contributed by atoms with van der Waals surface area (Å²) < 4.78 is 13.1. The molecule has 2 N–H and O–H groups in total. The maximum atomic E-state index is 13.1. The van der Waals surface area contributed by atoms with E-state index >= 15 is 0 Å². The monoisotopic (exact) mass is 286 g/mol. The fraction of sp³-hybridized carbons (Fsp3) is 0.333. The van der Waals surface area contributed by atoms with Crippen molar-refractivity contribution in [3.05, 3.63) is 71.5 Å². The maximum Gasteiger partial charge on any atom is 0.123 e. The third-order valence-electron chi connectivity index (χ3n) is 3.66. The molecule has 21 heavy (non-hydrogen) atoms. The van der Waals surface area contributed by atoms with Gasteiger partial charge in [-0.3, -0.25) is 4.90 Å². The Bertz CT molecular complexity index is 525. The second-order valence-electron chi connectivity index (χ2n) is 5.26. The molecule has 0 fully saturated rings. The summed E-state index contributed by atoms with van der Waals surface area (Å²) in [4.78, 5) is 2.36. The molecular weight excluding hydrogens is 263 g/mol. The molecule has 0 bridgehead atoms. The van der Waals surface area contributed by atoms with E-state index in [1.165, 1.54) is 17.7 Å². The van der Waals surface area contributed by atoms with Gasteiger partial charge in [0.05, 0.1) is 0 Å². The first-order chi connectivity index (χ1) is 10.2. The van der Waals surface area contributed by atoms with Crippen molar-refractivity contribution in [2.24, 2.45) is 5.73 Å². The van der Waals surface area contributed by atoms with Crippen molar-refractivity contribution < 1.29 is 4.39 Å². The van der Waals surface area contributed by atoms with E-state index in [1.807, 2.05) is 18.2 Å². The molecule has 0 heterocycles. The van der Waals surface area contributed by atoms with Crippen LogP contribution in [0.25, 0.3) is 0 Å². The quantitative estimate of drug-likeness (QED) is 0.840. The normalized spacial score (nSPS) is 12.6. The second-order valence-corrected chi connectivity index (χ2v) is 5.26. The number of hydrogen-bond donors (Lipinski definition) is 1. The van der Waals surface area contributed by atoms with Gasteiger partial charge in [0, 0.05) is 19.1 Å². The highest BCUT2D eigenvalue weighted by Crippen LogP contribution is 2.22. The predicted molar refractivity (Wildman–Crippen MR) is 85.3 cm³/mol. The van der Waals surface area contributed by atoms with Crippen molar-refractivity contribution in [3.63, 3.8) is 0 Å². The van der Waals surface area contributed by atoms with Gasteiger partial charge in [-0.15, -0.1) is 0 Å². The number of nitrogens with two attached hydrogens (primary N) is 1. The van der Waals surface area contributed by atoms with Crippen molar-refractivity contribution in [1.82, 2.24) is 4.90 Å². The smallest absolute Gasteiger partial charge is 0.123 e. The molecule has 1 atom stereocenters. The summed E-state index contributed by atoms with van der Waals surface area (Å²) in [5.74, 6) is -0.209. The lowest BCUT2D eigenvalue weighted by molar-refractivity contribution is 0.192. The van der Waals surface area contributed by atoms with Gasteiger partial charge in [0.2, 0.25) is 0 Å². The van der Waals surface area contributed by atoms with Crippen LogP contribution in [0.4, 0.5) is 4.39 Å². The number of benzene rings is 2. The standard InChI is InChI=1S/C18H23FN2/c1-2-12-21(14-15-6-4-3-5-7-15)18(13-20)16-8-10-17(19)11-9-16/h3-11,18H,2,12-14,20H2,1H3. The molecule has 0 aliphatic carbocycles. The Morgan fingerprint density at radius 1 is 1.05 bits per heavy atom. The SMILES string of the molecule is CCCN(Cc1ccccc1)C(CN)c1ccc(F)cc1. The maximum absolute atomic E-state index is 13.1. The Morgan fingerprint density at radius 2 is 1.71 bits per heavy atom. The molecule has 1 unspecified atom stereocenters. The molecule has 0 radical (unpaired) electrons. The van der Waals surface area contributed by atoms with Crippen molar-refractivity contribution in [3.8, 4) is 0 Å². The van der Waals surface area contributed by atoms with Gasteiger partial charge in [0.15, 0.2) is 0 Å². The summed E-state index contributed by atoms with van der Waals surface area (Å²) in [6.45, 7) is 4.51. The molecule has 3 heteroatoms. The lowest BCUT2D eigenvalue weighted by Crippen LogP contribution is -2.34. The van der Waals surface area contributed by atoms with Crippen LogP contribution in [0.2, 0.25) is 0 Å². The van der Waals surface area contributed by atoms with Crippen molar-refractivity contribution in [2.75, 3.05) is 13.1 Å². The van der Waals surface area contributed by atoms with Gasteiger partial charge in [0.1, 0.15) is 5.82 Å². The lowest BCUT2D eigenvalue weighted by atomic mass is 10.0. The molecule has 0 aliphatic rings. The molecule has 2 nitrogen and oxygen atoms in total. The second kappa shape index (κ2) is 7.91. The van der Waals surface area contributed by atoms with E-state index in [-0.39, 0.29) is 11.9 Å². The average Bonchev–Trinajstić information content (AvgIpc) is 2.51. The Labute approximate surface area is 126 Å². The molecule has 0 aliphatic heterocycles. The third-order valence-corrected chi connectivity index (χ3v) is 3.66. The fourth-order valence-electron chi connectivity index (χ4n) is 2.63. The molecule has 0 spiro atoms. The van der Waals surface area contributed by atoms with Crippen LogP contribution in [0.1, 0.15) is 30.5 Å². The van der Waals surface area contributed by atoms with Gasteiger partial charge in [-0.25, -0.2) is 4.39 Å². The predicted octanol–water partition coefficient (Wildman–Crippen LogP) is 3.74. The summed E-state index contributed by atoms with van der Waals surface area (Å²) in [7, 11) is 0. The average molecular weight is 286 g/mol. The van der Waals surface area contributed by atoms with Gasteiger partial charge in [-0.1, -0.05) is 49.4 Å². The first kappa shape index (κ1) is 15.7. The highest BCUT2D eigenvalue weighted by molar-refractivity contribution is 5.21. The number of nitrogens with zero attached hydrogens (tertiary/aromatic N) is 1. The largest absolute Gasteiger partial charge is 0.329 e. The van der Waals surface area contributed by atoms with E-state index in [0.717, 1.165) is 25.1 Å².